The number of hydrogen-bond donors (Lipinski definition) is 0. The van der Waals surface area contributed by atoms with Crippen LogP contribution in [0.15, 0.2) is 78.9 Å². The fourth-order valence-corrected chi connectivity index (χ4v) is 3.84. The first-order valence-corrected chi connectivity index (χ1v) is 10.9. The summed E-state index contributed by atoms with van der Waals surface area (Å²) >= 11 is 6.09. The monoisotopic (exact) mass is 455 g/mol. The molecule has 0 radical (unpaired) electrons. The lowest BCUT2D eigenvalue weighted by atomic mass is 9.89. The molecule has 4 rings (SSSR count). The Bertz CT molecular complexity index is 1380. The maximum Gasteiger partial charge on any atom is 0.337 e. The van der Waals surface area contributed by atoms with E-state index in [-0.39, 0.29) is 5.78 Å². The summed E-state index contributed by atoms with van der Waals surface area (Å²) in [7, 11) is 1.34. The van der Waals surface area contributed by atoms with Gasteiger partial charge in [-0.2, -0.15) is 0 Å². The molecule has 1 aromatic heterocycles. The van der Waals surface area contributed by atoms with Gasteiger partial charge in [-0.05, 0) is 47.5 Å². The number of esters is 1. The first-order valence-electron chi connectivity index (χ1n) is 10.5. The van der Waals surface area contributed by atoms with Crippen LogP contribution in [0.4, 0.5) is 0 Å². The van der Waals surface area contributed by atoms with Crippen molar-refractivity contribution in [1.29, 1.82) is 0 Å². The number of halogens is 1. The minimum absolute atomic E-state index is 0.0319. The van der Waals surface area contributed by atoms with Crippen LogP contribution in [0.25, 0.3) is 23.1 Å². The van der Waals surface area contributed by atoms with Gasteiger partial charge in [-0.25, -0.2) is 9.78 Å². The molecule has 0 N–H and O–H groups in total. The molecule has 0 saturated carbocycles. The average molecular weight is 456 g/mol. The molecule has 1 heterocycles. The Morgan fingerprint density at radius 3 is 2.55 bits per heavy atom. The molecule has 0 aliphatic carbocycles. The van der Waals surface area contributed by atoms with Gasteiger partial charge in [-0.3, -0.25) is 4.79 Å². The third-order valence-electron chi connectivity index (χ3n) is 5.54. The number of carbonyl (C=O) groups is 2. The average Bonchev–Trinajstić information content (AvgIpc) is 2.86. The van der Waals surface area contributed by atoms with Crippen molar-refractivity contribution in [1.82, 2.24) is 4.98 Å². The van der Waals surface area contributed by atoms with Crippen molar-refractivity contribution in [2.24, 2.45) is 0 Å². The van der Waals surface area contributed by atoms with Crippen LogP contribution in [-0.4, -0.2) is 23.8 Å². The molecule has 0 aliphatic heterocycles. The highest BCUT2D eigenvalue weighted by molar-refractivity contribution is 6.31. The third-order valence-corrected chi connectivity index (χ3v) is 5.77. The quantitative estimate of drug-likeness (QED) is 0.236. The first kappa shape index (κ1) is 22.4. The summed E-state index contributed by atoms with van der Waals surface area (Å²) in [5.41, 5.74) is 4.17. The van der Waals surface area contributed by atoms with Gasteiger partial charge >= 0.3 is 5.97 Å². The number of hydrogen-bond acceptors (Lipinski definition) is 4. The van der Waals surface area contributed by atoms with Gasteiger partial charge in [0, 0.05) is 21.9 Å². The number of fused-ring (bicyclic) bond motifs is 1. The van der Waals surface area contributed by atoms with Crippen LogP contribution >= 0.6 is 11.6 Å². The molecule has 1 unspecified atom stereocenters. The van der Waals surface area contributed by atoms with Gasteiger partial charge in [-0.15, -0.1) is 0 Å². The SMILES string of the molecule is COC(=O)c1cccc(C(C)C(=O)c2ccccc2C=Cc2ccc3ccc(Cl)cc3n2)c1. The molecule has 4 aromatic rings. The standard InChI is InChI=1S/C28H22ClNO3/c1-18(21-7-5-8-22(16-21)28(32)33-2)27(31)25-9-4-3-6-19(25)11-14-24-15-12-20-10-13-23(29)17-26(20)30-24/h3-18H,1-2H3. The largest absolute Gasteiger partial charge is 0.465 e. The predicted molar refractivity (Wildman–Crippen MR) is 133 cm³/mol. The molecule has 33 heavy (non-hydrogen) atoms. The Kier molecular flexibility index (Phi) is 6.66. The number of pyridine rings is 1. The van der Waals surface area contributed by atoms with Crippen molar-refractivity contribution in [3.63, 3.8) is 0 Å². The fraction of sp³-hybridized carbons (Fsp3) is 0.107. The van der Waals surface area contributed by atoms with Gasteiger partial charge in [0.15, 0.2) is 5.78 Å². The summed E-state index contributed by atoms with van der Waals surface area (Å²) < 4.78 is 4.80. The number of rotatable bonds is 6. The summed E-state index contributed by atoms with van der Waals surface area (Å²) in [4.78, 5) is 29.9. The number of aromatic nitrogens is 1. The molecule has 1 atom stereocenters. The highest BCUT2D eigenvalue weighted by Gasteiger charge is 2.20. The second-order valence-corrected chi connectivity index (χ2v) is 8.13. The number of benzene rings is 3. The maximum atomic E-state index is 13.4. The lowest BCUT2D eigenvalue weighted by Gasteiger charge is -2.14. The predicted octanol–water partition coefficient (Wildman–Crippen LogP) is 6.83. The summed E-state index contributed by atoms with van der Waals surface area (Å²) in [6, 6.07) is 24.0. The van der Waals surface area contributed by atoms with E-state index in [1.807, 2.05) is 79.7 Å². The van der Waals surface area contributed by atoms with Crippen molar-refractivity contribution in [3.8, 4) is 0 Å². The zero-order valence-electron chi connectivity index (χ0n) is 18.3. The van der Waals surface area contributed by atoms with Crippen molar-refractivity contribution in [3.05, 3.63) is 112 Å². The summed E-state index contributed by atoms with van der Waals surface area (Å²) in [6.07, 6.45) is 3.78. The van der Waals surface area contributed by atoms with E-state index in [1.54, 1.807) is 18.2 Å². The van der Waals surface area contributed by atoms with Crippen LogP contribution in [0.5, 0.6) is 0 Å². The smallest absolute Gasteiger partial charge is 0.337 e. The lowest BCUT2D eigenvalue weighted by Crippen LogP contribution is -2.12. The fourth-order valence-electron chi connectivity index (χ4n) is 3.68. The molecule has 0 amide bonds. The first-order chi connectivity index (χ1) is 16.0. The second-order valence-electron chi connectivity index (χ2n) is 7.70. The van der Waals surface area contributed by atoms with E-state index in [0.29, 0.717) is 16.1 Å². The highest BCUT2D eigenvalue weighted by Crippen LogP contribution is 2.25. The normalized spacial score (nSPS) is 12.1. The molecule has 0 bridgehead atoms. The van der Waals surface area contributed by atoms with E-state index in [0.717, 1.165) is 27.7 Å². The molecule has 0 aliphatic rings. The summed E-state index contributed by atoms with van der Waals surface area (Å²) in [5, 5.41) is 1.65. The molecule has 0 fully saturated rings. The zero-order chi connectivity index (χ0) is 23.4. The summed E-state index contributed by atoms with van der Waals surface area (Å²) in [5.74, 6) is -0.885. The van der Waals surface area contributed by atoms with Gasteiger partial charge in [0.25, 0.3) is 0 Å². The molecule has 4 nitrogen and oxygen atoms in total. The Morgan fingerprint density at radius 1 is 0.939 bits per heavy atom. The molecule has 0 saturated heterocycles. The second kappa shape index (κ2) is 9.80. The molecular formula is C28H22ClNO3. The van der Waals surface area contributed by atoms with Crippen molar-refractivity contribution < 1.29 is 14.3 Å². The van der Waals surface area contributed by atoms with E-state index in [1.165, 1.54) is 7.11 Å². The zero-order valence-corrected chi connectivity index (χ0v) is 19.0. The minimum Gasteiger partial charge on any atom is -0.465 e. The van der Waals surface area contributed by atoms with E-state index < -0.39 is 11.9 Å². The molecular weight excluding hydrogens is 434 g/mol. The number of carbonyl (C=O) groups excluding carboxylic acids is 2. The molecule has 3 aromatic carbocycles. The van der Waals surface area contributed by atoms with Crippen LogP contribution in [0.3, 0.4) is 0 Å². The highest BCUT2D eigenvalue weighted by atomic mass is 35.5. The Labute approximate surface area is 197 Å². The van der Waals surface area contributed by atoms with Gasteiger partial charge in [0.2, 0.25) is 0 Å². The molecule has 0 spiro atoms. The number of ether oxygens (including phenoxy) is 1. The van der Waals surface area contributed by atoms with Crippen LogP contribution in [0.2, 0.25) is 5.02 Å². The van der Waals surface area contributed by atoms with Gasteiger partial charge in [0.05, 0.1) is 23.9 Å². The number of methoxy groups -OCH3 is 1. The van der Waals surface area contributed by atoms with E-state index in [4.69, 9.17) is 16.3 Å². The Morgan fingerprint density at radius 2 is 1.73 bits per heavy atom. The van der Waals surface area contributed by atoms with Crippen LogP contribution in [0, 0.1) is 0 Å². The summed E-state index contributed by atoms with van der Waals surface area (Å²) in [6.45, 7) is 1.84. The molecule has 5 heteroatoms. The van der Waals surface area contributed by atoms with E-state index >= 15 is 0 Å². The minimum atomic E-state index is -0.427. The van der Waals surface area contributed by atoms with Crippen molar-refractivity contribution in [2.75, 3.05) is 7.11 Å². The van der Waals surface area contributed by atoms with Gasteiger partial charge in [-0.1, -0.05) is 73.1 Å². The van der Waals surface area contributed by atoms with Gasteiger partial charge in [0.1, 0.15) is 0 Å². The molecule has 164 valence electrons. The Balaban J connectivity index is 1.62. The third kappa shape index (κ3) is 5.02. The van der Waals surface area contributed by atoms with Crippen molar-refractivity contribution in [2.45, 2.75) is 12.8 Å². The number of ketones is 1. The lowest BCUT2D eigenvalue weighted by molar-refractivity contribution is 0.0600. The number of Topliss-reactive ketones (excluding diaryl/α,β-unsaturated/α-hetero) is 1. The van der Waals surface area contributed by atoms with Crippen LogP contribution < -0.4 is 0 Å². The van der Waals surface area contributed by atoms with Crippen LogP contribution in [-0.2, 0) is 4.74 Å². The van der Waals surface area contributed by atoms with E-state index in [9.17, 15) is 9.59 Å². The topological polar surface area (TPSA) is 56.3 Å². The number of nitrogens with zero attached hydrogens (tertiary/aromatic N) is 1. The van der Waals surface area contributed by atoms with Gasteiger partial charge < -0.3 is 4.74 Å². The van der Waals surface area contributed by atoms with Crippen molar-refractivity contribution >= 4 is 46.4 Å². The maximum absolute atomic E-state index is 13.4. The Hall–Kier alpha value is -3.76. The van der Waals surface area contributed by atoms with E-state index in [2.05, 4.69) is 4.98 Å². The van der Waals surface area contributed by atoms with Crippen LogP contribution in [0.1, 0.15) is 50.4 Å².